The number of hydrogen-bond acceptors (Lipinski definition) is 18. The lowest BCUT2D eigenvalue weighted by molar-refractivity contribution is -0.137. The molecule has 0 aliphatic heterocycles. The average Bonchev–Trinajstić information content (AvgIpc) is 0.925. The van der Waals surface area contributed by atoms with Crippen molar-refractivity contribution in [1.82, 2.24) is 42.5 Å². The summed E-state index contributed by atoms with van der Waals surface area (Å²) in [7, 11) is 5.21. The fourth-order valence-electron chi connectivity index (χ4n) is 8.93. The first-order valence-electron chi connectivity index (χ1n) is 29.2. The summed E-state index contributed by atoms with van der Waals surface area (Å²) in [5.41, 5.74) is 27.8. The molecule has 508 valence electrons. The summed E-state index contributed by atoms with van der Waals surface area (Å²) >= 11 is 0. The van der Waals surface area contributed by atoms with Crippen LogP contribution in [0.4, 0.5) is 22.7 Å². The van der Waals surface area contributed by atoms with Crippen LogP contribution in [0.25, 0.3) is 0 Å². The summed E-state index contributed by atoms with van der Waals surface area (Å²) in [6, 6.07) is 11.7. The fraction of sp³-hybridized carbons (Fsp3) is 0.373. The zero-order valence-electron chi connectivity index (χ0n) is 52.3. The Balaban J connectivity index is 1.60. The van der Waals surface area contributed by atoms with Gasteiger partial charge in [-0.15, -0.1) is 0 Å². The Morgan fingerprint density at radius 2 is 0.660 bits per heavy atom. The number of aliphatic carboxylic acids is 1. The number of carboxylic acids is 1. The Bertz CT molecular complexity index is 3410. The molecule has 0 aromatic heterocycles. The topological polar surface area (TPSA) is 581 Å². The highest BCUT2D eigenvalue weighted by atomic mass is 16.5. The van der Waals surface area contributed by atoms with Gasteiger partial charge in [0, 0.05) is 55.5 Å². The number of carbonyl (C=O) groups excluding carboxylic acids is 8. The minimum Gasteiger partial charge on any atom is -0.496 e. The maximum Gasteiger partial charge on any atom is 0.305 e. The van der Waals surface area contributed by atoms with Crippen molar-refractivity contribution in [3.63, 3.8) is 0 Å². The lowest BCUT2D eigenvalue weighted by Crippen LogP contribution is -2.45. The molecule has 4 aromatic rings. The first-order valence-corrected chi connectivity index (χ1v) is 29.2. The van der Waals surface area contributed by atoms with E-state index in [4.69, 9.17) is 74.4 Å². The van der Waals surface area contributed by atoms with E-state index in [0.717, 1.165) is 0 Å². The number of carbonyl (C=O) groups is 9. The van der Waals surface area contributed by atoms with Crippen molar-refractivity contribution in [3.05, 3.63) is 95.1 Å². The Labute approximate surface area is 540 Å². The molecule has 4 atom stereocenters. The first-order chi connectivity index (χ1) is 44.8. The number of ether oxygens (including phenoxy) is 4. The first kappa shape index (κ1) is 74.8. The molecule has 0 unspecified atom stereocenters. The van der Waals surface area contributed by atoms with Crippen LogP contribution in [0.15, 0.2) is 72.8 Å². The van der Waals surface area contributed by atoms with E-state index in [-0.39, 0.29) is 169 Å². The number of nitrogens with two attached hydrogens (primary N) is 5. The molecule has 0 heterocycles. The summed E-state index contributed by atoms with van der Waals surface area (Å²) in [6.45, 7) is 0.496. The molecule has 35 heteroatoms. The van der Waals surface area contributed by atoms with Gasteiger partial charge >= 0.3 is 5.97 Å². The number of rotatable bonds is 38. The largest absolute Gasteiger partial charge is 0.496 e. The van der Waals surface area contributed by atoms with Gasteiger partial charge in [-0.05, 0) is 124 Å². The van der Waals surface area contributed by atoms with Crippen molar-refractivity contribution in [2.45, 2.75) is 82.0 Å². The Morgan fingerprint density at radius 3 is 0.926 bits per heavy atom. The van der Waals surface area contributed by atoms with Crippen LogP contribution in [0, 0.1) is 21.6 Å². The zero-order chi connectivity index (χ0) is 69.4. The lowest BCUT2D eigenvalue weighted by Gasteiger charge is -2.22. The van der Waals surface area contributed by atoms with Crippen LogP contribution in [0.1, 0.15) is 99.2 Å². The van der Waals surface area contributed by atoms with Crippen molar-refractivity contribution in [3.8, 4) is 23.0 Å². The van der Waals surface area contributed by atoms with Gasteiger partial charge in [0.1, 0.15) is 41.1 Å². The van der Waals surface area contributed by atoms with Crippen LogP contribution in [-0.4, -0.2) is 168 Å². The highest BCUT2D eigenvalue weighted by Gasteiger charge is 2.29. The molecule has 4 aromatic carbocycles. The fourth-order valence-corrected chi connectivity index (χ4v) is 8.93. The van der Waals surface area contributed by atoms with Crippen molar-refractivity contribution < 1.29 is 67.2 Å². The number of carboxylic acid groups (broad SMARTS) is 1. The van der Waals surface area contributed by atoms with Gasteiger partial charge in [0.05, 0.1) is 63.2 Å². The van der Waals surface area contributed by atoms with E-state index < -0.39 is 77.4 Å². The standard InChI is InChI=1S/C59H83N21O14/c1-91-43-17-14-32(27-35(43)48(83)69-26-21-47(81)82)75-53(88)40(10-6-23-71-57(63)64)79-50(85)37-29-34(16-19-45(37)93-3)77-55(90)42(12-8-25-73-59(67)68)80-51(86)38-30-33(15-20-46(38)94-4)76-54(89)41(11-7-24-72-58(65)66)78-49(84)36-28-31(13-18-44(36)92-2)74-52(87)39(60)9-5-22-70-56(61)62/h13-20,27-30,39-42H,5-12,21-26,60H2,1-4H3,(H,69,83)(H,74,87)(H,75,88)(H,76,89)(H,77,90)(H,78,84)(H,79,85)(H,80,86)(H,81,82)(H4,61,62,70)(H4,63,64,71)(H4,65,66,72)(H4,67,68,73)/t39-,40-,41-,42-/m0/s1. The third-order valence-corrected chi connectivity index (χ3v) is 13.6. The number of methoxy groups -OCH3 is 4. The maximum atomic E-state index is 14.4. The molecule has 4 rings (SSSR count). The minimum absolute atomic E-state index is 0.0112. The van der Waals surface area contributed by atoms with Crippen molar-refractivity contribution in [2.75, 3.05) is 82.4 Å². The molecular weight excluding hydrogens is 1230 g/mol. The number of amides is 8. The molecule has 0 saturated carbocycles. The zero-order valence-corrected chi connectivity index (χ0v) is 52.3. The molecule has 0 aliphatic rings. The second-order valence-corrected chi connectivity index (χ2v) is 20.6. The second-order valence-electron chi connectivity index (χ2n) is 20.6. The van der Waals surface area contributed by atoms with Crippen molar-refractivity contribution in [2.24, 2.45) is 28.7 Å². The van der Waals surface area contributed by atoms with Gasteiger partial charge in [-0.2, -0.15) is 0 Å². The second kappa shape index (κ2) is 38.1. The Morgan fingerprint density at radius 1 is 0.394 bits per heavy atom. The predicted molar refractivity (Wildman–Crippen MR) is 349 cm³/mol. The third-order valence-electron chi connectivity index (χ3n) is 13.6. The van der Waals surface area contributed by atoms with Crippen molar-refractivity contribution in [1.29, 1.82) is 21.6 Å². The van der Waals surface area contributed by atoms with Crippen LogP contribution in [0.2, 0.25) is 0 Å². The number of hydrogen-bond donors (Lipinski definition) is 22. The van der Waals surface area contributed by atoms with Crippen LogP contribution < -0.4 is 111 Å². The van der Waals surface area contributed by atoms with Gasteiger partial charge in [0.15, 0.2) is 23.8 Å². The third kappa shape index (κ3) is 25.0. The van der Waals surface area contributed by atoms with Gasteiger partial charge in [0.2, 0.25) is 23.6 Å². The molecule has 0 bridgehead atoms. The van der Waals surface area contributed by atoms with Crippen LogP contribution in [0.3, 0.4) is 0 Å². The average molecular weight is 1310 g/mol. The number of anilines is 4. The molecule has 0 fully saturated rings. The Kier molecular flexibility index (Phi) is 30.4. The maximum absolute atomic E-state index is 14.4. The van der Waals surface area contributed by atoms with E-state index in [1.54, 1.807) is 0 Å². The van der Waals surface area contributed by atoms with Gasteiger partial charge in [-0.3, -0.25) is 64.8 Å². The van der Waals surface area contributed by atoms with E-state index in [1.165, 1.54) is 101 Å². The normalized spacial score (nSPS) is 11.8. The van der Waals surface area contributed by atoms with Crippen LogP contribution in [-0.2, 0) is 24.0 Å². The van der Waals surface area contributed by atoms with Gasteiger partial charge in [0.25, 0.3) is 23.6 Å². The van der Waals surface area contributed by atoms with E-state index >= 15 is 0 Å². The van der Waals surface area contributed by atoms with E-state index in [0.29, 0.717) is 13.0 Å². The quantitative estimate of drug-likeness (QED) is 0.0152. The highest BCUT2D eigenvalue weighted by molar-refractivity contribution is 6.08. The molecule has 8 amide bonds. The highest BCUT2D eigenvalue weighted by Crippen LogP contribution is 2.28. The number of nitrogens with one attached hydrogen (secondary N) is 16. The minimum atomic E-state index is -1.35. The molecule has 0 aliphatic carbocycles. The number of guanidine groups is 4. The molecular formula is C59H83N21O14. The summed E-state index contributed by atoms with van der Waals surface area (Å²) in [5, 5.41) is 70.9. The molecule has 27 N–H and O–H groups in total. The van der Waals surface area contributed by atoms with E-state index in [1.807, 2.05) is 0 Å². The molecule has 35 nitrogen and oxygen atoms in total. The smallest absolute Gasteiger partial charge is 0.305 e. The van der Waals surface area contributed by atoms with Gasteiger partial charge < -0.3 is 117 Å². The summed E-state index contributed by atoms with van der Waals surface area (Å²) in [4.78, 5) is 122. The lowest BCUT2D eigenvalue weighted by atomic mass is 10.1. The number of benzene rings is 4. The van der Waals surface area contributed by atoms with Crippen LogP contribution >= 0.6 is 0 Å². The SMILES string of the molecule is COc1ccc(NC(=O)[C@H](CCCNC(=N)N)NC(=O)c2cc(NC(=O)[C@H](CCCNC(=N)N)NC(=O)c3cc(NC(=O)[C@H](CCCNC(=N)N)NC(=O)c4cc(NC(=O)[C@@H](N)CCCNC(=N)N)ccc4OC)ccc3OC)ccc2OC)cc1C(=O)NCCC(=O)O. The van der Waals surface area contributed by atoms with E-state index in [2.05, 4.69) is 63.8 Å². The van der Waals surface area contributed by atoms with Crippen LogP contribution in [0.5, 0.6) is 23.0 Å². The summed E-state index contributed by atoms with van der Waals surface area (Å²) in [6.07, 6.45) is 0.798. The van der Waals surface area contributed by atoms with E-state index in [9.17, 15) is 43.2 Å². The molecule has 94 heavy (non-hydrogen) atoms. The summed E-state index contributed by atoms with van der Waals surface area (Å²) < 4.78 is 21.8. The Hall–Kier alpha value is -11.7. The van der Waals surface area contributed by atoms with Gasteiger partial charge in [-0.25, -0.2) is 0 Å². The summed E-state index contributed by atoms with van der Waals surface area (Å²) in [5.74, 6) is -8.17. The van der Waals surface area contributed by atoms with Gasteiger partial charge in [-0.1, -0.05) is 0 Å². The molecule has 0 spiro atoms. The predicted octanol–water partition coefficient (Wildman–Crippen LogP) is -0.544. The van der Waals surface area contributed by atoms with Crippen molar-refractivity contribution >= 4 is 99.8 Å². The molecule has 0 saturated heterocycles. The molecule has 0 radical (unpaired) electrons. The monoisotopic (exact) mass is 1310 g/mol.